The van der Waals surface area contributed by atoms with E-state index in [2.05, 4.69) is 15.5 Å². The normalized spacial score (nSPS) is 9.93. The van der Waals surface area contributed by atoms with E-state index >= 15 is 0 Å². The summed E-state index contributed by atoms with van der Waals surface area (Å²) >= 11 is 0. The van der Waals surface area contributed by atoms with Crippen LogP contribution in [0.3, 0.4) is 0 Å². The van der Waals surface area contributed by atoms with E-state index in [0.717, 1.165) is 0 Å². The molecule has 0 atom stereocenters. The molecule has 0 aliphatic heterocycles. The second-order valence-electron chi connectivity index (χ2n) is 2.79. The molecule has 0 saturated heterocycles. The number of rotatable bonds is 6. The zero-order valence-corrected chi connectivity index (χ0v) is 8.35. The van der Waals surface area contributed by atoms with Crippen molar-refractivity contribution < 1.29 is 9.53 Å². The van der Waals surface area contributed by atoms with E-state index in [-0.39, 0.29) is 5.91 Å². The van der Waals surface area contributed by atoms with Crippen LogP contribution in [0.15, 0.2) is 18.5 Å². The molecule has 1 heterocycles. The lowest BCUT2D eigenvalue weighted by Gasteiger charge is -2.04. The van der Waals surface area contributed by atoms with Gasteiger partial charge < -0.3 is 15.8 Å². The minimum Gasteiger partial charge on any atom is -0.378 e. The van der Waals surface area contributed by atoms with Crippen LogP contribution in [0, 0.1) is 0 Å². The fourth-order valence-corrected chi connectivity index (χ4v) is 0.949. The van der Waals surface area contributed by atoms with E-state index < -0.39 is 0 Å². The maximum Gasteiger partial charge on any atom is 0.253 e. The minimum atomic E-state index is -0.179. The number of nitrogens with one attached hydrogen (secondary N) is 1. The molecule has 15 heavy (non-hydrogen) atoms. The average molecular weight is 210 g/mol. The molecule has 6 nitrogen and oxygen atoms in total. The van der Waals surface area contributed by atoms with Crippen molar-refractivity contribution in [1.82, 2.24) is 15.5 Å². The molecular weight excluding hydrogens is 196 g/mol. The summed E-state index contributed by atoms with van der Waals surface area (Å²) in [5, 5.41) is 9.87. The van der Waals surface area contributed by atoms with Crippen molar-refractivity contribution in [3.8, 4) is 0 Å². The maximum atomic E-state index is 11.4. The second kappa shape index (κ2) is 6.86. The van der Waals surface area contributed by atoms with Gasteiger partial charge in [0, 0.05) is 13.1 Å². The molecule has 0 radical (unpaired) electrons. The first-order valence-corrected chi connectivity index (χ1v) is 4.67. The Bertz CT molecular complexity index is 291. The second-order valence-corrected chi connectivity index (χ2v) is 2.79. The van der Waals surface area contributed by atoms with Gasteiger partial charge in [0.2, 0.25) is 0 Å². The van der Waals surface area contributed by atoms with Crippen molar-refractivity contribution >= 4 is 5.91 Å². The first-order valence-electron chi connectivity index (χ1n) is 4.67. The fourth-order valence-electron chi connectivity index (χ4n) is 0.949. The van der Waals surface area contributed by atoms with E-state index in [4.69, 9.17) is 10.5 Å². The van der Waals surface area contributed by atoms with Gasteiger partial charge in [0.1, 0.15) is 0 Å². The van der Waals surface area contributed by atoms with Crippen LogP contribution in [0.5, 0.6) is 0 Å². The number of carbonyl (C=O) groups is 1. The lowest BCUT2D eigenvalue weighted by molar-refractivity contribution is 0.0919. The third-order valence-corrected chi connectivity index (χ3v) is 1.64. The van der Waals surface area contributed by atoms with Gasteiger partial charge in [-0.3, -0.25) is 4.79 Å². The summed E-state index contributed by atoms with van der Waals surface area (Å²) in [7, 11) is 0. The number of amides is 1. The molecule has 6 heteroatoms. The van der Waals surface area contributed by atoms with Crippen LogP contribution in [-0.2, 0) is 4.74 Å². The van der Waals surface area contributed by atoms with Crippen molar-refractivity contribution in [1.29, 1.82) is 0 Å². The van der Waals surface area contributed by atoms with Crippen molar-refractivity contribution in [2.45, 2.75) is 0 Å². The zero-order chi connectivity index (χ0) is 10.9. The van der Waals surface area contributed by atoms with Gasteiger partial charge in [-0.1, -0.05) is 0 Å². The highest BCUT2D eigenvalue weighted by molar-refractivity contribution is 5.93. The number of hydrogen-bond acceptors (Lipinski definition) is 5. The van der Waals surface area contributed by atoms with Crippen LogP contribution in [0.25, 0.3) is 0 Å². The van der Waals surface area contributed by atoms with Crippen LogP contribution < -0.4 is 11.1 Å². The number of ether oxygens (including phenoxy) is 1. The Kier molecular flexibility index (Phi) is 5.28. The minimum absolute atomic E-state index is 0.179. The first kappa shape index (κ1) is 11.5. The molecule has 0 saturated carbocycles. The predicted molar refractivity (Wildman–Crippen MR) is 54.2 cm³/mol. The van der Waals surface area contributed by atoms with Gasteiger partial charge >= 0.3 is 0 Å². The van der Waals surface area contributed by atoms with Crippen molar-refractivity contribution in [2.75, 3.05) is 26.3 Å². The molecular formula is C9H14N4O2. The quantitative estimate of drug-likeness (QED) is 0.599. The molecule has 1 aromatic rings. The Hall–Kier alpha value is -1.53. The van der Waals surface area contributed by atoms with E-state index in [9.17, 15) is 4.79 Å². The summed E-state index contributed by atoms with van der Waals surface area (Å²) in [6, 6.07) is 1.60. The summed E-state index contributed by atoms with van der Waals surface area (Å²) in [4.78, 5) is 11.4. The molecule has 1 rings (SSSR count). The van der Waals surface area contributed by atoms with Crippen molar-refractivity contribution in [3.63, 3.8) is 0 Å². The molecule has 1 amide bonds. The first-order chi connectivity index (χ1) is 7.34. The summed E-state index contributed by atoms with van der Waals surface area (Å²) < 4.78 is 5.10. The van der Waals surface area contributed by atoms with Crippen LogP contribution >= 0.6 is 0 Å². The largest absolute Gasteiger partial charge is 0.378 e. The van der Waals surface area contributed by atoms with Crippen molar-refractivity contribution in [3.05, 3.63) is 24.0 Å². The summed E-state index contributed by atoms with van der Waals surface area (Å²) in [6.45, 7) is 1.91. The molecule has 0 bridgehead atoms. The van der Waals surface area contributed by atoms with Crippen molar-refractivity contribution in [2.24, 2.45) is 5.73 Å². The van der Waals surface area contributed by atoms with E-state index in [0.29, 0.717) is 31.9 Å². The molecule has 0 aromatic carbocycles. The Morgan fingerprint density at radius 3 is 3.00 bits per heavy atom. The lowest BCUT2D eigenvalue weighted by Crippen LogP contribution is -2.28. The van der Waals surface area contributed by atoms with Gasteiger partial charge in [0.05, 0.1) is 31.2 Å². The Balaban J connectivity index is 2.20. The van der Waals surface area contributed by atoms with Crippen LogP contribution in [-0.4, -0.2) is 42.4 Å². The lowest BCUT2D eigenvalue weighted by atomic mass is 10.3. The Labute approximate surface area is 87.8 Å². The van der Waals surface area contributed by atoms with Crippen LogP contribution in [0.4, 0.5) is 0 Å². The summed E-state index contributed by atoms with van der Waals surface area (Å²) in [6.07, 6.45) is 2.88. The summed E-state index contributed by atoms with van der Waals surface area (Å²) in [5.74, 6) is -0.179. The number of hydrogen-bond donors (Lipinski definition) is 2. The molecule has 0 aliphatic rings. The highest BCUT2D eigenvalue weighted by Gasteiger charge is 2.03. The standard InChI is InChI=1S/C9H14N4O2/c10-2-5-15-6-4-11-9(14)8-1-3-12-13-7-8/h1,3,7H,2,4-6,10H2,(H,11,14). The van der Waals surface area contributed by atoms with Gasteiger partial charge in [-0.05, 0) is 6.07 Å². The topological polar surface area (TPSA) is 90.1 Å². The predicted octanol–water partition coefficient (Wildman–Crippen LogP) is -0.818. The molecule has 3 N–H and O–H groups in total. The molecule has 0 spiro atoms. The van der Waals surface area contributed by atoms with Gasteiger partial charge in [-0.15, -0.1) is 0 Å². The molecule has 1 aromatic heterocycles. The van der Waals surface area contributed by atoms with Gasteiger partial charge in [0.15, 0.2) is 0 Å². The fraction of sp³-hybridized carbons (Fsp3) is 0.444. The highest BCUT2D eigenvalue weighted by Crippen LogP contribution is 1.92. The number of carbonyl (C=O) groups excluding carboxylic acids is 1. The van der Waals surface area contributed by atoms with Crippen LogP contribution in [0.2, 0.25) is 0 Å². The Morgan fingerprint density at radius 1 is 1.47 bits per heavy atom. The number of nitrogens with two attached hydrogens (primary N) is 1. The van der Waals surface area contributed by atoms with E-state index in [1.54, 1.807) is 6.07 Å². The SMILES string of the molecule is NCCOCCNC(=O)c1ccnnc1. The van der Waals surface area contributed by atoms with E-state index in [1.807, 2.05) is 0 Å². The third kappa shape index (κ3) is 4.48. The third-order valence-electron chi connectivity index (χ3n) is 1.64. The number of nitrogens with zero attached hydrogens (tertiary/aromatic N) is 2. The average Bonchev–Trinajstić information content (AvgIpc) is 2.30. The van der Waals surface area contributed by atoms with Gasteiger partial charge in [-0.2, -0.15) is 10.2 Å². The molecule has 82 valence electrons. The molecule has 0 fully saturated rings. The zero-order valence-electron chi connectivity index (χ0n) is 8.35. The monoisotopic (exact) mass is 210 g/mol. The van der Waals surface area contributed by atoms with Crippen LogP contribution in [0.1, 0.15) is 10.4 Å². The smallest absolute Gasteiger partial charge is 0.253 e. The Morgan fingerprint density at radius 2 is 2.33 bits per heavy atom. The number of aromatic nitrogens is 2. The van der Waals surface area contributed by atoms with Gasteiger partial charge in [-0.25, -0.2) is 0 Å². The summed E-state index contributed by atoms with van der Waals surface area (Å²) in [5.41, 5.74) is 5.72. The molecule has 0 unspecified atom stereocenters. The molecule has 0 aliphatic carbocycles. The highest BCUT2D eigenvalue weighted by atomic mass is 16.5. The van der Waals surface area contributed by atoms with Gasteiger partial charge in [0.25, 0.3) is 5.91 Å². The van der Waals surface area contributed by atoms with E-state index in [1.165, 1.54) is 12.4 Å². The maximum absolute atomic E-state index is 11.4.